The van der Waals surface area contributed by atoms with Crippen LogP contribution in [0.5, 0.6) is 11.5 Å². The molecule has 6 nitrogen and oxygen atoms in total. The summed E-state index contributed by atoms with van der Waals surface area (Å²) >= 11 is 1.46. The maximum absolute atomic E-state index is 12.0. The first-order valence-corrected chi connectivity index (χ1v) is 7.58. The van der Waals surface area contributed by atoms with Crippen LogP contribution in [0, 0.1) is 0 Å². The van der Waals surface area contributed by atoms with Crippen LogP contribution in [-0.4, -0.2) is 60.2 Å². The molecule has 0 saturated carbocycles. The number of benzene rings is 1. The Kier molecular flexibility index (Phi) is 5.33. The van der Waals surface area contributed by atoms with Gasteiger partial charge in [0.15, 0.2) is 11.5 Å². The first-order chi connectivity index (χ1) is 10.1. The Morgan fingerprint density at radius 2 is 2.19 bits per heavy atom. The van der Waals surface area contributed by atoms with Crippen molar-refractivity contribution in [2.75, 3.05) is 33.1 Å². The number of hydrogen-bond acceptors (Lipinski definition) is 6. The van der Waals surface area contributed by atoms with Gasteiger partial charge in [0.25, 0.3) is 0 Å². The van der Waals surface area contributed by atoms with Gasteiger partial charge in [0, 0.05) is 5.56 Å². The summed E-state index contributed by atoms with van der Waals surface area (Å²) in [5, 5.41) is 18.3. The lowest BCUT2D eigenvalue weighted by molar-refractivity contribution is -0.129. The first kappa shape index (κ1) is 15.9. The molecule has 1 fully saturated rings. The number of amides is 1. The Morgan fingerprint density at radius 1 is 1.43 bits per heavy atom. The number of aliphatic hydroxyl groups excluding tert-OH is 2. The minimum absolute atomic E-state index is 0.0672. The number of ether oxygens (including phenoxy) is 2. The van der Waals surface area contributed by atoms with Gasteiger partial charge in [-0.25, -0.2) is 0 Å². The molecule has 0 spiro atoms. The van der Waals surface area contributed by atoms with Gasteiger partial charge in [-0.3, -0.25) is 4.79 Å². The largest absolute Gasteiger partial charge is 0.493 e. The van der Waals surface area contributed by atoms with Crippen LogP contribution in [0.2, 0.25) is 0 Å². The number of hydrogen-bond donors (Lipinski definition) is 2. The number of methoxy groups -OCH3 is 2. The van der Waals surface area contributed by atoms with Crippen LogP contribution in [0.25, 0.3) is 0 Å². The molecule has 1 heterocycles. The zero-order valence-corrected chi connectivity index (χ0v) is 12.8. The van der Waals surface area contributed by atoms with Crippen LogP contribution in [0.1, 0.15) is 10.9 Å². The van der Waals surface area contributed by atoms with E-state index in [1.54, 1.807) is 25.2 Å². The van der Waals surface area contributed by atoms with Crippen molar-refractivity contribution in [3.8, 4) is 11.5 Å². The van der Waals surface area contributed by atoms with Gasteiger partial charge in [0.2, 0.25) is 5.91 Å². The summed E-state index contributed by atoms with van der Waals surface area (Å²) in [6.45, 7) is -0.288. The predicted molar refractivity (Wildman–Crippen MR) is 79.6 cm³/mol. The Labute approximate surface area is 127 Å². The molecule has 1 amide bonds. The van der Waals surface area contributed by atoms with Crippen molar-refractivity contribution in [2.24, 2.45) is 0 Å². The van der Waals surface area contributed by atoms with Crippen molar-refractivity contribution >= 4 is 17.7 Å². The van der Waals surface area contributed by atoms with E-state index in [1.165, 1.54) is 11.8 Å². The number of para-hydroxylation sites is 1. The van der Waals surface area contributed by atoms with Crippen molar-refractivity contribution in [3.05, 3.63) is 23.8 Å². The van der Waals surface area contributed by atoms with E-state index in [4.69, 9.17) is 14.6 Å². The fourth-order valence-electron chi connectivity index (χ4n) is 2.30. The molecule has 2 unspecified atom stereocenters. The van der Waals surface area contributed by atoms with Gasteiger partial charge < -0.3 is 24.6 Å². The monoisotopic (exact) mass is 313 g/mol. The maximum Gasteiger partial charge on any atom is 0.233 e. The van der Waals surface area contributed by atoms with Crippen LogP contribution in [0.15, 0.2) is 18.2 Å². The molecule has 2 atom stereocenters. The van der Waals surface area contributed by atoms with E-state index in [9.17, 15) is 9.90 Å². The smallest absolute Gasteiger partial charge is 0.233 e. The third-order valence-electron chi connectivity index (χ3n) is 3.29. The number of rotatable bonds is 6. The molecule has 2 rings (SSSR count). The van der Waals surface area contributed by atoms with Gasteiger partial charge in [0.05, 0.1) is 39.2 Å². The Balaban J connectivity index is 2.33. The van der Waals surface area contributed by atoms with Gasteiger partial charge >= 0.3 is 0 Å². The molecule has 7 heteroatoms. The molecule has 116 valence electrons. The molecule has 0 aliphatic carbocycles. The third-order valence-corrected chi connectivity index (χ3v) is 4.52. The molecule has 1 saturated heterocycles. The highest BCUT2D eigenvalue weighted by Gasteiger charge is 2.36. The summed E-state index contributed by atoms with van der Waals surface area (Å²) in [6.07, 6.45) is -0.952. The summed E-state index contributed by atoms with van der Waals surface area (Å²) in [6, 6.07) is 5.49. The van der Waals surface area contributed by atoms with E-state index in [0.29, 0.717) is 17.3 Å². The van der Waals surface area contributed by atoms with Crippen LogP contribution < -0.4 is 9.47 Å². The molecule has 21 heavy (non-hydrogen) atoms. The molecular formula is C14H19NO5S. The zero-order chi connectivity index (χ0) is 15.4. The van der Waals surface area contributed by atoms with Crippen LogP contribution in [0.4, 0.5) is 0 Å². The fourth-order valence-corrected chi connectivity index (χ4v) is 3.52. The second-order valence-electron chi connectivity index (χ2n) is 4.63. The molecule has 2 N–H and O–H groups in total. The van der Waals surface area contributed by atoms with Gasteiger partial charge in [0.1, 0.15) is 5.37 Å². The highest BCUT2D eigenvalue weighted by molar-refractivity contribution is 8.00. The lowest BCUT2D eigenvalue weighted by Crippen LogP contribution is -2.37. The standard InChI is InChI=1S/C14H19NO5S/c1-19-11-5-3-4-10(13(11)20-2)14-15(6-9(17)7-16)12(18)8-21-14/h3-5,9,14,16-17H,6-8H2,1-2H3. The Hall–Kier alpha value is -1.44. The van der Waals surface area contributed by atoms with Crippen molar-refractivity contribution in [2.45, 2.75) is 11.5 Å². The van der Waals surface area contributed by atoms with Gasteiger partial charge in [-0.2, -0.15) is 0 Å². The number of nitrogens with zero attached hydrogens (tertiary/aromatic N) is 1. The minimum atomic E-state index is -0.952. The first-order valence-electron chi connectivity index (χ1n) is 6.53. The Morgan fingerprint density at radius 3 is 2.81 bits per heavy atom. The van der Waals surface area contributed by atoms with Crippen LogP contribution >= 0.6 is 11.8 Å². The quantitative estimate of drug-likeness (QED) is 0.802. The second kappa shape index (κ2) is 7.02. The molecule has 1 aromatic carbocycles. The lowest BCUT2D eigenvalue weighted by Gasteiger charge is -2.27. The van der Waals surface area contributed by atoms with E-state index in [0.717, 1.165) is 5.56 Å². The molecule has 1 aliphatic rings. The molecular weight excluding hydrogens is 294 g/mol. The number of carbonyl (C=O) groups is 1. The summed E-state index contributed by atoms with van der Waals surface area (Å²) in [5.74, 6) is 1.44. The molecule has 0 bridgehead atoms. The van der Waals surface area contributed by atoms with Crippen molar-refractivity contribution < 1.29 is 24.5 Å². The molecule has 1 aromatic rings. The number of carbonyl (C=O) groups excluding carboxylic acids is 1. The maximum atomic E-state index is 12.0. The number of thioether (sulfide) groups is 1. The summed E-state index contributed by atoms with van der Waals surface area (Å²) in [7, 11) is 3.11. The topological polar surface area (TPSA) is 79.2 Å². The minimum Gasteiger partial charge on any atom is -0.493 e. The van der Waals surface area contributed by atoms with Crippen molar-refractivity contribution in [3.63, 3.8) is 0 Å². The van der Waals surface area contributed by atoms with Gasteiger partial charge in [-0.1, -0.05) is 12.1 Å². The number of β-amino-alcohol motifs (C(OH)–C–C–N with tert-alkyl or cyclic N) is 1. The normalized spacial score (nSPS) is 19.7. The zero-order valence-electron chi connectivity index (χ0n) is 12.0. The Bertz CT molecular complexity index is 510. The molecule has 0 aromatic heterocycles. The van der Waals surface area contributed by atoms with E-state index in [2.05, 4.69) is 0 Å². The van der Waals surface area contributed by atoms with Crippen molar-refractivity contribution in [1.82, 2.24) is 4.90 Å². The van der Waals surface area contributed by atoms with E-state index in [-0.39, 0.29) is 24.4 Å². The summed E-state index contributed by atoms with van der Waals surface area (Å²) in [4.78, 5) is 13.6. The third kappa shape index (κ3) is 3.25. The predicted octanol–water partition coefficient (Wildman–Crippen LogP) is 0.631. The summed E-state index contributed by atoms with van der Waals surface area (Å²) in [5.41, 5.74) is 0.817. The van der Waals surface area contributed by atoms with E-state index < -0.39 is 6.10 Å². The van der Waals surface area contributed by atoms with Crippen LogP contribution in [-0.2, 0) is 4.79 Å². The second-order valence-corrected chi connectivity index (χ2v) is 5.70. The van der Waals surface area contributed by atoms with Crippen LogP contribution in [0.3, 0.4) is 0 Å². The summed E-state index contributed by atoms with van der Waals surface area (Å²) < 4.78 is 10.7. The molecule has 1 aliphatic heterocycles. The lowest BCUT2D eigenvalue weighted by atomic mass is 10.1. The van der Waals surface area contributed by atoms with E-state index in [1.807, 2.05) is 12.1 Å². The van der Waals surface area contributed by atoms with E-state index >= 15 is 0 Å². The highest BCUT2D eigenvalue weighted by Crippen LogP contribution is 2.45. The average molecular weight is 313 g/mol. The fraction of sp³-hybridized carbons (Fsp3) is 0.500. The molecule has 0 radical (unpaired) electrons. The SMILES string of the molecule is COc1cccc(C2SCC(=O)N2CC(O)CO)c1OC. The number of aliphatic hydroxyl groups is 2. The van der Waals surface area contributed by atoms with Gasteiger partial charge in [-0.05, 0) is 6.07 Å². The van der Waals surface area contributed by atoms with Gasteiger partial charge in [-0.15, -0.1) is 11.8 Å². The average Bonchev–Trinajstić information content (AvgIpc) is 2.87. The highest BCUT2D eigenvalue weighted by atomic mass is 32.2. The van der Waals surface area contributed by atoms with Crippen molar-refractivity contribution in [1.29, 1.82) is 0 Å².